The Morgan fingerprint density at radius 3 is 2.88 bits per heavy atom. The molecule has 8 heteroatoms. The van der Waals surface area contributed by atoms with Crippen molar-refractivity contribution in [3.05, 3.63) is 52.5 Å². The van der Waals surface area contributed by atoms with Gasteiger partial charge in [0.25, 0.3) is 0 Å². The van der Waals surface area contributed by atoms with Gasteiger partial charge in [0.15, 0.2) is 0 Å². The number of esters is 1. The topological polar surface area (TPSA) is 119 Å². The fraction of sp³-hybridized carbons (Fsp3) is 0.278. The summed E-state index contributed by atoms with van der Waals surface area (Å²) < 4.78 is 10.5. The van der Waals surface area contributed by atoms with Crippen LogP contribution in [0.3, 0.4) is 0 Å². The molecule has 8 nitrogen and oxygen atoms in total. The lowest BCUT2D eigenvalue weighted by Crippen LogP contribution is -2.46. The molecule has 0 unspecified atom stereocenters. The number of fused-ring (bicyclic) bond motifs is 4. The number of carbonyl (C=O) groups excluding carboxylic acids is 2. The van der Waals surface area contributed by atoms with Gasteiger partial charge in [-0.1, -0.05) is 31.5 Å². The first-order valence-corrected chi connectivity index (χ1v) is 8.30. The third-order valence-electron chi connectivity index (χ3n) is 4.82. The van der Waals surface area contributed by atoms with Gasteiger partial charge in [0.2, 0.25) is 17.7 Å². The number of methoxy groups -OCH3 is 1. The van der Waals surface area contributed by atoms with Gasteiger partial charge < -0.3 is 20.5 Å². The van der Waals surface area contributed by atoms with Crippen molar-refractivity contribution in [3.8, 4) is 5.88 Å². The van der Waals surface area contributed by atoms with E-state index in [-0.39, 0.29) is 23.2 Å². The molecule has 0 aliphatic carbocycles. The van der Waals surface area contributed by atoms with Crippen molar-refractivity contribution < 1.29 is 19.1 Å². The second-order valence-electron chi connectivity index (χ2n) is 6.21. The van der Waals surface area contributed by atoms with Crippen LogP contribution in [-0.4, -0.2) is 29.2 Å². The van der Waals surface area contributed by atoms with Crippen molar-refractivity contribution in [1.82, 2.24) is 10.2 Å². The van der Waals surface area contributed by atoms with E-state index in [1.807, 2.05) is 13.0 Å². The van der Waals surface area contributed by atoms with Crippen LogP contribution in [0.4, 0.5) is 5.69 Å². The molecule has 26 heavy (non-hydrogen) atoms. The molecule has 0 fully saturated rings. The quantitative estimate of drug-likeness (QED) is 0.716. The van der Waals surface area contributed by atoms with Gasteiger partial charge in [-0.25, -0.2) is 4.79 Å². The molecule has 2 aromatic rings. The van der Waals surface area contributed by atoms with Crippen molar-refractivity contribution in [1.29, 1.82) is 0 Å². The maximum absolute atomic E-state index is 13.3. The molecule has 0 saturated carbocycles. The van der Waals surface area contributed by atoms with Crippen molar-refractivity contribution in [2.45, 2.75) is 25.2 Å². The van der Waals surface area contributed by atoms with Crippen LogP contribution >= 0.6 is 0 Å². The summed E-state index contributed by atoms with van der Waals surface area (Å²) in [5.74, 6) is -1.09. The van der Waals surface area contributed by atoms with E-state index in [9.17, 15) is 9.59 Å². The van der Waals surface area contributed by atoms with Crippen LogP contribution in [0.2, 0.25) is 0 Å². The van der Waals surface area contributed by atoms with E-state index in [4.69, 9.17) is 15.2 Å². The first kappa shape index (κ1) is 16.2. The molecule has 1 aromatic heterocycles. The Morgan fingerprint density at radius 1 is 1.38 bits per heavy atom. The average molecular weight is 354 g/mol. The van der Waals surface area contributed by atoms with E-state index in [2.05, 4.69) is 15.5 Å². The third-order valence-corrected chi connectivity index (χ3v) is 4.82. The minimum atomic E-state index is -1.46. The number of nitrogens with zero attached hydrogens (tertiary/aromatic N) is 1. The molecule has 2 aliphatic rings. The largest absolute Gasteiger partial charge is 0.465 e. The molecular weight excluding hydrogens is 336 g/mol. The molecule has 0 radical (unpaired) electrons. The minimum Gasteiger partial charge on any atom is -0.465 e. The first-order valence-electron chi connectivity index (χ1n) is 8.30. The third kappa shape index (κ3) is 1.86. The molecule has 0 bridgehead atoms. The molecule has 0 saturated heterocycles. The SMILES string of the molecule is CCCc1[nH]nc2c1[C@@]1(C(=O)Nc3ccccc31)C(C(=O)OC)=C(N)O2. The van der Waals surface area contributed by atoms with Crippen LogP contribution in [0.15, 0.2) is 35.7 Å². The van der Waals surface area contributed by atoms with Crippen molar-refractivity contribution in [2.75, 3.05) is 12.4 Å². The Hall–Kier alpha value is -3.29. The van der Waals surface area contributed by atoms with Gasteiger partial charge in [0, 0.05) is 16.9 Å². The molecule has 2 aliphatic heterocycles. The maximum atomic E-state index is 13.3. The molecule has 4 N–H and O–H groups in total. The van der Waals surface area contributed by atoms with Gasteiger partial charge in [-0.15, -0.1) is 5.10 Å². The molecule has 1 spiro atoms. The van der Waals surface area contributed by atoms with Gasteiger partial charge in [0.05, 0.1) is 12.7 Å². The summed E-state index contributed by atoms with van der Waals surface area (Å²) in [5.41, 5.74) is 7.03. The first-order chi connectivity index (χ1) is 12.6. The molecular formula is C18H18N4O4. The van der Waals surface area contributed by atoms with E-state index in [1.165, 1.54) is 7.11 Å². The number of H-pyrrole nitrogens is 1. The second-order valence-corrected chi connectivity index (χ2v) is 6.21. The van der Waals surface area contributed by atoms with Gasteiger partial charge >= 0.3 is 5.97 Å². The number of hydrogen-bond donors (Lipinski definition) is 3. The zero-order chi connectivity index (χ0) is 18.5. The molecule has 3 heterocycles. The zero-order valence-electron chi connectivity index (χ0n) is 14.4. The van der Waals surface area contributed by atoms with E-state index in [0.29, 0.717) is 23.2 Å². The number of para-hydroxylation sites is 1. The molecule has 1 atom stereocenters. The van der Waals surface area contributed by atoms with Gasteiger partial charge in [-0.05, 0) is 12.5 Å². The van der Waals surface area contributed by atoms with Crippen LogP contribution in [0.1, 0.15) is 30.2 Å². The number of aromatic nitrogens is 2. The highest BCUT2D eigenvalue weighted by atomic mass is 16.5. The van der Waals surface area contributed by atoms with Crippen molar-refractivity contribution in [3.63, 3.8) is 0 Å². The number of aromatic amines is 1. The van der Waals surface area contributed by atoms with Crippen LogP contribution < -0.4 is 15.8 Å². The Balaban J connectivity index is 2.12. The number of amides is 1. The monoisotopic (exact) mass is 354 g/mol. The highest BCUT2D eigenvalue weighted by Gasteiger charge is 2.60. The summed E-state index contributed by atoms with van der Waals surface area (Å²) in [6.45, 7) is 2.01. The number of nitrogens with one attached hydrogen (secondary N) is 2. The number of ether oxygens (including phenoxy) is 2. The van der Waals surface area contributed by atoms with E-state index in [1.54, 1.807) is 18.2 Å². The van der Waals surface area contributed by atoms with E-state index >= 15 is 0 Å². The maximum Gasteiger partial charge on any atom is 0.340 e. The Kier molecular flexibility index (Phi) is 3.50. The summed E-state index contributed by atoms with van der Waals surface area (Å²) in [6, 6.07) is 7.19. The number of nitrogens with two attached hydrogens (primary N) is 1. The summed E-state index contributed by atoms with van der Waals surface area (Å²) in [5, 5.41) is 9.96. The van der Waals surface area contributed by atoms with E-state index in [0.717, 1.165) is 12.1 Å². The fourth-order valence-electron chi connectivity index (χ4n) is 3.83. The standard InChI is InChI=1S/C18H18N4O4/c1-3-6-11-12-15(22-21-11)26-14(19)13(16(23)25-2)18(12)9-7-4-5-8-10(9)20-17(18)24/h4-5,7-8H,3,6,19H2,1-2H3,(H,20,24)(H,21,22)/t18-/m1/s1. The summed E-state index contributed by atoms with van der Waals surface area (Å²) in [6.07, 6.45) is 1.46. The molecule has 1 amide bonds. The highest BCUT2D eigenvalue weighted by Crippen LogP contribution is 2.54. The van der Waals surface area contributed by atoms with Gasteiger partial charge in [-0.3, -0.25) is 9.89 Å². The summed E-state index contributed by atoms with van der Waals surface area (Å²) in [4.78, 5) is 25.9. The normalized spacial score (nSPS) is 20.5. The lowest BCUT2D eigenvalue weighted by molar-refractivity contribution is -0.138. The number of aryl methyl sites for hydroxylation is 1. The number of anilines is 1. The van der Waals surface area contributed by atoms with E-state index < -0.39 is 11.4 Å². The van der Waals surface area contributed by atoms with Gasteiger partial charge in [0.1, 0.15) is 11.0 Å². The van der Waals surface area contributed by atoms with Crippen LogP contribution in [0.25, 0.3) is 0 Å². The summed E-state index contributed by atoms with van der Waals surface area (Å²) >= 11 is 0. The Labute approximate surface area is 149 Å². The van der Waals surface area contributed by atoms with Crippen molar-refractivity contribution >= 4 is 17.6 Å². The van der Waals surface area contributed by atoms with Crippen LogP contribution in [0.5, 0.6) is 5.88 Å². The predicted octanol–water partition coefficient (Wildman–Crippen LogP) is 1.34. The predicted molar refractivity (Wildman–Crippen MR) is 92.3 cm³/mol. The summed E-state index contributed by atoms with van der Waals surface area (Å²) in [7, 11) is 1.24. The number of carbonyl (C=O) groups is 2. The van der Waals surface area contributed by atoms with Crippen LogP contribution in [-0.2, 0) is 26.2 Å². The zero-order valence-corrected chi connectivity index (χ0v) is 14.4. The number of benzene rings is 1. The number of rotatable bonds is 3. The lowest BCUT2D eigenvalue weighted by Gasteiger charge is -2.33. The van der Waals surface area contributed by atoms with Crippen molar-refractivity contribution in [2.24, 2.45) is 5.73 Å². The molecule has 4 rings (SSSR count). The Bertz CT molecular complexity index is 962. The fourth-order valence-corrected chi connectivity index (χ4v) is 3.83. The second kappa shape index (κ2) is 5.62. The Morgan fingerprint density at radius 2 is 2.15 bits per heavy atom. The van der Waals surface area contributed by atoms with Crippen LogP contribution in [0, 0.1) is 0 Å². The molecule has 1 aromatic carbocycles. The number of hydrogen-bond acceptors (Lipinski definition) is 6. The average Bonchev–Trinajstić information content (AvgIpc) is 3.15. The highest BCUT2D eigenvalue weighted by molar-refractivity contribution is 6.17. The van der Waals surface area contributed by atoms with Gasteiger partial charge in [-0.2, -0.15) is 0 Å². The minimum absolute atomic E-state index is 0.0336. The lowest BCUT2D eigenvalue weighted by atomic mass is 9.68. The smallest absolute Gasteiger partial charge is 0.340 e. The molecule has 134 valence electrons.